The molecule has 1 saturated heterocycles. The predicted molar refractivity (Wildman–Crippen MR) is 134 cm³/mol. The maximum atomic E-state index is 14.4. The number of halogens is 1. The summed E-state index contributed by atoms with van der Waals surface area (Å²) in [6, 6.07) is 8.59. The minimum atomic E-state index is -0.370. The maximum Gasteiger partial charge on any atom is 0.248 e. The van der Waals surface area contributed by atoms with Gasteiger partial charge in [0.2, 0.25) is 5.88 Å². The van der Waals surface area contributed by atoms with Crippen molar-refractivity contribution in [3.8, 4) is 23.1 Å². The van der Waals surface area contributed by atoms with Crippen LogP contribution >= 0.6 is 0 Å². The van der Waals surface area contributed by atoms with Crippen LogP contribution in [0.25, 0.3) is 0 Å². The molecule has 0 unspecified atom stereocenters. The number of ether oxygens (including phenoxy) is 4. The molecule has 36 heavy (non-hydrogen) atoms. The molecule has 2 aliphatic rings. The van der Waals surface area contributed by atoms with Gasteiger partial charge in [0.05, 0.1) is 32.6 Å². The zero-order valence-corrected chi connectivity index (χ0v) is 20.5. The van der Waals surface area contributed by atoms with Crippen LogP contribution in [-0.2, 0) is 11.3 Å². The van der Waals surface area contributed by atoms with Gasteiger partial charge in [-0.3, -0.25) is 4.90 Å². The molecule has 0 saturated carbocycles. The number of nitrogens with zero attached hydrogens (tertiary/aromatic N) is 3. The van der Waals surface area contributed by atoms with Crippen LogP contribution in [-0.4, -0.2) is 61.4 Å². The highest BCUT2D eigenvalue weighted by Crippen LogP contribution is 2.42. The molecule has 0 atom stereocenters. The minimum absolute atomic E-state index is 0.328. The van der Waals surface area contributed by atoms with E-state index in [-0.39, 0.29) is 5.82 Å². The summed E-state index contributed by atoms with van der Waals surface area (Å²) in [5, 5.41) is 6.39. The summed E-state index contributed by atoms with van der Waals surface area (Å²) in [6.07, 6.45) is 2.28. The van der Waals surface area contributed by atoms with Crippen LogP contribution in [0, 0.1) is 12.7 Å². The lowest BCUT2D eigenvalue weighted by molar-refractivity contribution is 0.0357. The van der Waals surface area contributed by atoms with Crippen molar-refractivity contribution in [3.05, 3.63) is 53.6 Å². The molecule has 0 amide bonds. The van der Waals surface area contributed by atoms with Crippen molar-refractivity contribution in [1.29, 1.82) is 0 Å². The molecular formula is C26H30FN5O4. The topological polar surface area (TPSA) is 90.0 Å². The second-order valence-electron chi connectivity index (χ2n) is 8.73. The van der Waals surface area contributed by atoms with Crippen molar-refractivity contribution in [1.82, 2.24) is 14.9 Å². The van der Waals surface area contributed by atoms with Crippen LogP contribution in [0.15, 0.2) is 36.7 Å². The van der Waals surface area contributed by atoms with Gasteiger partial charge in [0.25, 0.3) is 0 Å². The van der Waals surface area contributed by atoms with Gasteiger partial charge in [-0.2, -0.15) is 4.98 Å². The van der Waals surface area contributed by atoms with Gasteiger partial charge < -0.3 is 29.6 Å². The Morgan fingerprint density at radius 3 is 2.83 bits per heavy atom. The number of nitrogens with one attached hydrogen (secondary N) is 2. The number of fused-ring (bicyclic) bond motifs is 2. The van der Waals surface area contributed by atoms with Crippen LogP contribution in [0.3, 0.4) is 0 Å². The maximum absolute atomic E-state index is 14.4. The summed E-state index contributed by atoms with van der Waals surface area (Å²) < 4.78 is 37.5. The zero-order valence-electron chi connectivity index (χ0n) is 20.5. The molecule has 1 aromatic heterocycles. The van der Waals surface area contributed by atoms with E-state index in [1.54, 1.807) is 25.3 Å². The second-order valence-corrected chi connectivity index (χ2v) is 8.73. The molecule has 2 aliphatic heterocycles. The fraction of sp³-hybridized carbons (Fsp3) is 0.385. The quantitative estimate of drug-likeness (QED) is 0.439. The van der Waals surface area contributed by atoms with Gasteiger partial charge in [0, 0.05) is 37.8 Å². The van der Waals surface area contributed by atoms with E-state index in [1.165, 1.54) is 12.4 Å². The highest BCUT2D eigenvalue weighted by Gasteiger charge is 2.22. The van der Waals surface area contributed by atoms with E-state index in [4.69, 9.17) is 18.9 Å². The Morgan fingerprint density at radius 1 is 1.14 bits per heavy atom. The second kappa shape index (κ2) is 11.0. The molecule has 5 rings (SSSR count). The van der Waals surface area contributed by atoms with Gasteiger partial charge >= 0.3 is 0 Å². The first-order valence-corrected chi connectivity index (χ1v) is 12.0. The van der Waals surface area contributed by atoms with Crippen molar-refractivity contribution in [2.45, 2.75) is 19.9 Å². The van der Waals surface area contributed by atoms with E-state index >= 15 is 0 Å². The van der Waals surface area contributed by atoms with E-state index in [0.29, 0.717) is 53.5 Å². The zero-order chi connectivity index (χ0) is 24.9. The fourth-order valence-electron chi connectivity index (χ4n) is 4.24. The van der Waals surface area contributed by atoms with Crippen molar-refractivity contribution in [3.63, 3.8) is 0 Å². The van der Waals surface area contributed by atoms with E-state index in [9.17, 15) is 4.39 Å². The molecular weight excluding hydrogens is 465 g/mol. The van der Waals surface area contributed by atoms with Crippen molar-refractivity contribution >= 4 is 17.2 Å². The Kier molecular flexibility index (Phi) is 7.33. The van der Waals surface area contributed by atoms with Crippen molar-refractivity contribution < 1.29 is 23.3 Å². The molecule has 1 fully saturated rings. The van der Waals surface area contributed by atoms with E-state index in [0.717, 1.165) is 50.4 Å². The smallest absolute Gasteiger partial charge is 0.248 e. The van der Waals surface area contributed by atoms with Crippen LogP contribution in [0.1, 0.15) is 17.5 Å². The molecule has 3 aromatic rings. The molecule has 190 valence electrons. The molecule has 2 aromatic carbocycles. The number of rotatable bonds is 8. The van der Waals surface area contributed by atoms with Crippen molar-refractivity contribution in [2.24, 2.45) is 0 Å². The third kappa shape index (κ3) is 5.44. The van der Waals surface area contributed by atoms with Crippen LogP contribution < -0.4 is 24.8 Å². The van der Waals surface area contributed by atoms with E-state index in [1.807, 2.05) is 13.0 Å². The van der Waals surface area contributed by atoms with E-state index < -0.39 is 0 Å². The molecule has 0 aliphatic carbocycles. The Morgan fingerprint density at radius 2 is 2.00 bits per heavy atom. The van der Waals surface area contributed by atoms with Gasteiger partial charge in [-0.05, 0) is 37.1 Å². The highest BCUT2D eigenvalue weighted by molar-refractivity contribution is 5.76. The summed E-state index contributed by atoms with van der Waals surface area (Å²) in [6.45, 7) is 7.37. The Bertz CT molecular complexity index is 1220. The van der Waals surface area contributed by atoms with Crippen LogP contribution in [0.5, 0.6) is 23.1 Å². The molecule has 0 spiro atoms. The van der Waals surface area contributed by atoms with Gasteiger partial charge in [-0.1, -0.05) is 6.07 Å². The Labute approximate surface area is 209 Å². The van der Waals surface area contributed by atoms with Gasteiger partial charge in [-0.15, -0.1) is 0 Å². The Balaban J connectivity index is 1.30. The molecule has 0 radical (unpaired) electrons. The first-order chi connectivity index (χ1) is 17.6. The molecule has 9 nitrogen and oxygen atoms in total. The number of aryl methyl sites for hydroxylation is 1. The molecule has 0 bridgehead atoms. The number of aromatic nitrogens is 2. The summed E-state index contributed by atoms with van der Waals surface area (Å²) in [5.41, 5.74) is 2.68. The summed E-state index contributed by atoms with van der Waals surface area (Å²) >= 11 is 0. The van der Waals surface area contributed by atoms with Crippen LogP contribution in [0.2, 0.25) is 0 Å². The standard InChI is InChI=1S/C26H30FN5O4/c1-17-4-5-19(27)20(12-17)31-25-24-26(30-16-29-25)36-21-14-22(33-2)23(13-18(21)15-28-24)35-9-3-6-32-7-10-34-11-8-32/h4-5,12-14,16,28H,3,6-11,15H2,1-2H3,(H,29,30,31). The number of hydrogen-bond donors (Lipinski definition) is 2. The number of hydrogen-bond acceptors (Lipinski definition) is 9. The average Bonchev–Trinajstić information content (AvgIpc) is 3.08. The lowest BCUT2D eigenvalue weighted by Gasteiger charge is -2.26. The number of morpholine rings is 1. The number of anilines is 3. The largest absolute Gasteiger partial charge is 0.493 e. The monoisotopic (exact) mass is 495 g/mol. The van der Waals surface area contributed by atoms with Gasteiger partial charge in [-0.25, -0.2) is 9.37 Å². The summed E-state index contributed by atoms with van der Waals surface area (Å²) in [4.78, 5) is 11.0. The van der Waals surface area contributed by atoms with E-state index in [2.05, 4.69) is 25.5 Å². The molecule has 10 heteroatoms. The molecule has 3 heterocycles. The predicted octanol–water partition coefficient (Wildman–Crippen LogP) is 4.50. The summed E-state index contributed by atoms with van der Waals surface area (Å²) in [5.74, 6) is 2.22. The lowest BCUT2D eigenvalue weighted by Crippen LogP contribution is -2.37. The number of methoxy groups -OCH3 is 1. The fourth-order valence-corrected chi connectivity index (χ4v) is 4.24. The molecule has 2 N–H and O–H groups in total. The highest BCUT2D eigenvalue weighted by atomic mass is 19.1. The van der Waals surface area contributed by atoms with Crippen molar-refractivity contribution in [2.75, 3.05) is 57.2 Å². The normalized spacial score (nSPS) is 15.1. The Hall–Kier alpha value is -3.63. The SMILES string of the molecule is COc1cc2c(cc1OCCCN1CCOCC1)CNc1c(Nc3cc(C)ccc3F)ncnc1O2. The average molecular weight is 496 g/mol. The third-order valence-corrected chi connectivity index (χ3v) is 6.18. The first kappa shape index (κ1) is 24.1. The minimum Gasteiger partial charge on any atom is -0.493 e. The number of benzene rings is 2. The lowest BCUT2D eigenvalue weighted by atomic mass is 10.1. The van der Waals surface area contributed by atoms with Gasteiger partial charge in [0.1, 0.15) is 23.6 Å². The van der Waals surface area contributed by atoms with Crippen LogP contribution in [0.4, 0.5) is 21.6 Å². The third-order valence-electron chi connectivity index (χ3n) is 6.18. The summed E-state index contributed by atoms with van der Waals surface area (Å²) in [7, 11) is 1.60. The van der Waals surface area contributed by atoms with Gasteiger partial charge in [0.15, 0.2) is 17.3 Å². The first-order valence-electron chi connectivity index (χ1n) is 12.0.